The second-order valence-corrected chi connectivity index (χ2v) is 4.11. The smallest absolute Gasteiger partial charge is 0.289 e. The largest absolute Gasteiger partial charge is 0.459 e. The van der Waals surface area contributed by atoms with Crippen molar-refractivity contribution in [1.29, 1.82) is 0 Å². The van der Waals surface area contributed by atoms with Gasteiger partial charge in [0, 0.05) is 26.2 Å². The Morgan fingerprint density at radius 3 is 2.44 bits per heavy atom. The highest BCUT2D eigenvalue weighted by molar-refractivity contribution is 5.91. The first-order chi connectivity index (χ1) is 8.81. The Bertz CT molecular complexity index is 328. The van der Waals surface area contributed by atoms with E-state index in [4.69, 9.17) is 4.42 Å². The lowest BCUT2D eigenvalue weighted by atomic mass is 10.2. The van der Waals surface area contributed by atoms with Crippen molar-refractivity contribution in [2.24, 2.45) is 0 Å². The van der Waals surface area contributed by atoms with Crippen molar-refractivity contribution in [3.63, 3.8) is 0 Å². The standard InChI is InChI=1S/C12H18N2O2.C2H6/c1-2-5-13-6-8-14(9-7-13)12(15)11-4-3-10-16-11;1-2/h3-4,10H,2,5-9H2,1H3;1-2H3. The number of rotatable bonds is 3. The number of carbonyl (C=O) groups is 1. The molecule has 1 aliphatic rings. The molecule has 18 heavy (non-hydrogen) atoms. The molecule has 1 amide bonds. The molecule has 102 valence electrons. The van der Waals surface area contributed by atoms with E-state index in [-0.39, 0.29) is 5.91 Å². The van der Waals surface area contributed by atoms with Crippen LogP contribution in [0.25, 0.3) is 0 Å². The van der Waals surface area contributed by atoms with Crippen LogP contribution in [-0.2, 0) is 0 Å². The first kappa shape index (κ1) is 14.8. The van der Waals surface area contributed by atoms with Gasteiger partial charge in [0.05, 0.1) is 6.26 Å². The SMILES string of the molecule is CC.CCCN1CCN(C(=O)c2ccco2)CC1. The molecule has 2 rings (SSSR count). The number of piperazine rings is 1. The van der Waals surface area contributed by atoms with E-state index in [9.17, 15) is 4.79 Å². The van der Waals surface area contributed by atoms with Crippen molar-refractivity contribution in [3.8, 4) is 0 Å². The van der Waals surface area contributed by atoms with Crippen molar-refractivity contribution >= 4 is 5.91 Å². The molecule has 2 heterocycles. The molecule has 0 spiro atoms. The van der Waals surface area contributed by atoms with E-state index < -0.39 is 0 Å². The van der Waals surface area contributed by atoms with E-state index in [0.717, 1.165) is 32.7 Å². The van der Waals surface area contributed by atoms with Crippen LogP contribution in [0.1, 0.15) is 37.7 Å². The number of amides is 1. The minimum absolute atomic E-state index is 0.0150. The summed E-state index contributed by atoms with van der Waals surface area (Å²) in [7, 11) is 0. The van der Waals surface area contributed by atoms with E-state index in [1.807, 2.05) is 18.7 Å². The van der Waals surface area contributed by atoms with Crippen LogP contribution in [0.5, 0.6) is 0 Å². The van der Waals surface area contributed by atoms with Gasteiger partial charge in [-0.3, -0.25) is 9.69 Å². The Hall–Kier alpha value is -1.29. The van der Waals surface area contributed by atoms with Gasteiger partial charge in [-0.2, -0.15) is 0 Å². The zero-order valence-electron chi connectivity index (χ0n) is 11.7. The molecule has 0 radical (unpaired) electrons. The van der Waals surface area contributed by atoms with Crippen molar-refractivity contribution in [1.82, 2.24) is 9.80 Å². The average Bonchev–Trinajstić information content (AvgIpc) is 2.95. The molecular formula is C14H24N2O2. The van der Waals surface area contributed by atoms with Crippen molar-refractivity contribution < 1.29 is 9.21 Å². The van der Waals surface area contributed by atoms with Gasteiger partial charge in [0.2, 0.25) is 0 Å². The van der Waals surface area contributed by atoms with E-state index in [1.54, 1.807) is 18.4 Å². The summed E-state index contributed by atoms with van der Waals surface area (Å²) in [6.45, 7) is 10.9. The third kappa shape index (κ3) is 3.88. The van der Waals surface area contributed by atoms with Gasteiger partial charge in [-0.25, -0.2) is 0 Å². The van der Waals surface area contributed by atoms with Crippen molar-refractivity contribution in [2.45, 2.75) is 27.2 Å². The van der Waals surface area contributed by atoms with Gasteiger partial charge in [0.1, 0.15) is 0 Å². The summed E-state index contributed by atoms with van der Waals surface area (Å²) < 4.78 is 5.12. The zero-order valence-corrected chi connectivity index (χ0v) is 11.7. The maximum atomic E-state index is 11.9. The predicted molar refractivity (Wildman–Crippen MR) is 72.7 cm³/mol. The Labute approximate surface area is 110 Å². The van der Waals surface area contributed by atoms with Crippen LogP contribution >= 0.6 is 0 Å². The number of furan rings is 1. The molecule has 0 atom stereocenters. The molecule has 0 unspecified atom stereocenters. The summed E-state index contributed by atoms with van der Waals surface area (Å²) >= 11 is 0. The van der Waals surface area contributed by atoms with E-state index >= 15 is 0 Å². The molecule has 4 heteroatoms. The predicted octanol–water partition coefficient (Wildman–Crippen LogP) is 2.47. The lowest BCUT2D eigenvalue weighted by Crippen LogP contribution is -2.48. The number of carbonyl (C=O) groups excluding carboxylic acids is 1. The Kier molecular flexibility index (Phi) is 6.50. The Morgan fingerprint density at radius 1 is 1.28 bits per heavy atom. The highest BCUT2D eigenvalue weighted by atomic mass is 16.3. The van der Waals surface area contributed by atoms with Crippen molar-refractivity contribution in [2.75, 3.05) is 32.7 Å². The molecule has 1 aromatic rings. The van der Waals surface area contributed by atoms with Crippen LogP contribution < -0.4 is 0 Å². The summed E-state index contributed by atoms with van der Waals surface area (Å²) in [6.07, 6.45) is 2.71. The van der Waals surface area contributed by atoms with Crippen LogP contribution in [0, 0.1) is 0 Å². The summed E-state index contributed by atoms with van der Waals surface area (Å²) in [6, 6.07) is 3.47. The van der Waals surface area contributed by atoms with Gasteiger partial charge in [0.25, 0.3) is 5.91 Å². The molecule has 1 saturated heterocycles. The summed E-state index contributed by atoms with van der Waals surface area (Å²) in [5, 5.41) is 0. The molecule has 1 aromatic heterocycles. The third-order valence-corrected chi connectivity index (χ3v) is 2.93. The number of nitrogens with zero attached hydrogens (tertiary/aromatic N) is 2. The topological polar surface area (TPSA) is 36.7 Å². The first-order valence-corrected chi connectivity index (χ1v) is 6.86. The minimum Gasteiger partial charge on any atom is -0.459 e. The lowest BCUT2D eigenvalue weighted by Gasteiger charge is -2.34. The van der Waals surface area contributed by atoms with Gasteiger partial charge in [-0.05, 0) is 25.1 Å². The van der Waals surface area contributed by atoms with Crippen LogP contribution in [0.3, 0.4) is 0 Å². The van der Waals surface area contributed by atoms with E-state index in [2.05, 4.69) is 11.8 Å². The molecule has 0 aliphatic carbocycles. The number of hydrogen-bond donors (Lipinski definition) is 0. The van der Waals surface area contributed by atoms with E-state index in [0.29, 0.717) is 5.76 Å². The van der Waals surface area contributed by atoms with Gasteiger partial charge in [-0.15, -0.1) is 0 Å². The Morgan fingerprint density at radius 2 is 1.94 bits per heavy atom. The van der Waals surface area contributed by atoms with Crippen LogP contribution in [0.15, 0.2) is 22.8 Å². The minimum atomic E-state index is 0.0150. The summed E-state index contributed by atoms with van der Waals surface area (Å²) in [4.78, 5) is 16.2. The second kappa shape index (κ2) is 7.93. The highest BCUT2D eigenvalue weighted by Crippen LogP contribution is 2.09. The molecule has 1 aliphatic heterocycles. The normalized spacial score (nSPS) is 16.1. The fourth-order valence-electron chi connectivity index (χ4n) is 2.05. The first-order valence-electron chi connectivity index (χ1n) is 6.86. The van der Waals surface area contributed by atoms with Crippen LogP contribution in [-0.4, -0.2) is 48.4 Å². The van der Waals surface area contributed by atoms with E-state index in [1.165, 1.54) is 6.42 Å². The highest BCUT2D eigenvalue weighted by Gasteiger charge is 2.22. The van der Waals surface area contributed by atoms with Gasteiger partial charge < -0.3 is 9.32 Å². The summed E-state index contributed by atoms with van der Waals surface area (Å²) in [5.41, 5.74) is 0. The fourth-order valence-corrected chi connectivity index (χ4v) is 2.05. The zero-order chi connectivity index (χ0) is 13.4. The molecule has 0 aromatic carbocycles. The third-order valence-electron chi connectivity index (χ3n) is 2.93. The summed E-state index contributed by atoms with van der Waals surface area (Å²) in [5.74, 6) is 0.463. The van der Waals surface area contributed by atoms with Crippen LogP contribution in [0.4, 0.5) is 0 Å². The number of hydrogen-bond acceptors (Lipinski definition) is 3. The maximum Gasteiger partial charge on any atom is 0.289 e. The Balaban J connectivity index is 0.000000771. The molecule has 4 nitrogen and oxygen atoms in total. The van der Waals surface area contributed by atoms with Gasteiger partial charge in [0.15, 0.2) is 5.76 Å². The molecule has 0 N–H and O–H groups in total. The molecule has 1 fully saturated rings. The monoisotopic (exact) mass is 252 g/mol. The maximum absolute atomic E-state index is 11.9. The second-order valence-electron chi connectivity index (χ2n) is 4.11. The molecule has 0 saturated carbocycles. The lowest BCUT2D eigenvalue weighted by molar-refractivity contribution is 0.0606. The average molecular weight is 252 g/mol. The van der Waals surface area contributed by atoms with Crippen LogP contribution in [0.2, 0.25) is 0 Å². The molecular weight excluding hydrogens is 228 g/mol. The molecule has 0 bridgehead atoms. The van der Waals surface area contributed by atoms with Crippen molar-refractivity contribution in [3.05, 3.63) is 24.2 Å². The van der Waals surface area contributed by atoms with Gasteiger partial charge >= 0.3 is 0 Å². The van der Waals surface area contributed by atoms with Gasteiger partial charge in [-0.1, -0.05) is 20.8 Å². The fraction of sp³-hybridized carbons (Fsp3) is 0.643. The quantitative estimate of drug-likeness (QED) is 0.829.